The maximum atomic E-state index is 13.3. The molecule has 1 aromatic heterocycles. The van der Waals surface area contributed by atoms with Gasteiger partial charge in [-0.05, 0) is 50.2 Å². The third kappa shape index (κ3) is 3.82. The standard InChI is InChI=1S/C23H21N3O4S/c1-4-30-19-11-15(14(2)27)9-10-17(19)25-22-12-21-18(13-24-22)26(3)23(28)16-7-5-6-8-20(16)31(21)29/h5-13H,4H2,1-3H3,(H,24,25). The number of aromatic nitrogens is 1. The van der Waals surface area contributed by atoms with Crippen LogP contribution in [-0.4, -0.2) is 34.5 Å². The van der Waals surface area contributed by atoms with Crippen LogP contribution < -0.4 is 15.0 Å². The fourth-order valence-corrected chi connectivity index (χ4v) is 4.76. The molecule has 1 amide bonds. The van der Waals surface area contributed by atoms with Crippen molar-refractivity contribution in [3.63, 3.8) is 0 Å². The van der Waals surface area contributed by atoms with E-state index < -0.39 is 10.8 Å². The van der Waals surface area contributed by atoms with Crippen LogP contribution in [0.25, 0.3) is 0 Å². The summed E-state index contributed by atoms with van der Waals surface area (Å²) in [4.78, 5) is 31.4. The highest BCUT2D eigenvalue weighted by Gasteiger charge is 2.29. The van der Waals surface area contributed by atoms with Crippen LogP contribution in [-0.2, 0) is 10.8 Å². The van der Waals surface area contributed by atoms with E-state index in [1.54, 1.807) is 55.6 Å². The summed E-state index contributed by atoms with van der Waals surface area (Å²) < 4.78 is 19.0. The molecule has 8 heteroatoms. The first-order valence-electron chi connectivity index (χ1n) is 9.74. The topological polar surface area (TPSA) is 88.6 Å². The second kappa shape index (κ2) is 8.31. The molecule has 0 radical (unpaired) electrons. The SMILES string of the molecule is CCOc1cc(C(C)=O)ccc1Nc1cc2c(cn1)N(C)C(=O)c1ccccc1S2=O. The van der Waals surface area contributed by atoms with Gasteiger partial charge in [0.15, 0.2) is 5.78 Å². The Hall–Kier alpha value is -3.52. The first-order chi connectivity index (χ1) is 14.9. The molecule has 0 saturated carbocycles. The molecule has 3 aromatic rings. The van der Waals surface area contributed by atoms with E-state index in [-0.39, 0.29) is 11.7 Å². The lowest BCUT2D eigenvalue weighted by atomic mass is 10.1. The molecule has 0 fully saturated rings. The number of Topliss-reactive ketones (excluding diaryl/α,β-unsaturated/α-hetero) is 1. The summed E-state index contributed by atoms with van der Waals surface area (Å²) in [5.74, 6) is 0.677. The van der Waals surface area contributed by atoms with Crippen LogP contribution in [0.2, 0.25) is 0 Å². The Kier molecular flexibility index (Phi) is 5.56. The molecule has 0 saturated heterocycles. The number of fused-ring (bicyclic) bond motifs is 2. The maximum absolute atomic E-state index is 13.3. The number of anilines is 3. The fourth-order valence-electron chi connectivity index (χ4n) is 3.37. The highest BCUT2D eigenvalue weighted by atomic mass is 32.2. The molecular formula is C23H21N3O4S. The van der Waals surface area contributed by atoms with Crippen molar-refractivity contribution in [1.29, 1.82) is 0 Å². The number of ether oxygens (including phenoxy) is 1. The Morgan fingerprint density at radius 3 is 2.68 bits per heavy atom. The second-order valence-electron chi connectivity index (χ2n) is 6.99. The molecule has 1 aliphatic rings. The summed E-state index contributed by atoms with van der Waals surface area (Å²) in [6, 6.07) is 13.7. The number of nitrogens with zero attached hydrogens (tertiary/aromatic N) is 2. The van der Waals surface area contributed by atoms with Gasteiger partial charge in [0, 0.05) is 12.6 Å². The van der Waals surface area contributed by atoms with Crippen LogP contribution in [0.5, 0.6) is 5.75 Å². The zero-order valence-corrected chi connectivity index (χ0v) is 18.2. The molecule has 7 nitrogen and oxygen atoms in total. The molecule has 4 rings (SSSR count). The number of nitrogens with one attached hydrogen (secondary N) is 1. The van der Waals surface area contributed by atoms with Gasteiger partial charge in [0.05, 0.1) is 50.3 Å². The molecule has 1 unspecified atom stereocenters. The van der Waals surface area contributed by atoms with Gasteiger partial charge >= 0.3 is 0 Å². The summed E-state index contributed by atoms with van der Waals surface area (Å²) >= 11 is 0. The van der Waals surface area contributed by atoms with E-state index in [9.17, 15) is 13.8 Å². The molecule has 0 spiro atoms. The molecular weight excluding hydrogens is 414 g/mol. The molecule has 2 aromatic carbocycles. The molecule has 158 valence electrons. The van der Waals surface area contributed by atoms with Crippen LogP contribution in [0.15, 0.2) is 64.5 Å². The number of carbonyl (C=O) groups is 2. The molecule has 0 bridgehead atoms. The average Bonchev–Trinajstić information content (AvgIpc) is 2.85. The van der Waals surface area contributed by atoms with Crippen LogP contribution in [0, 0.1) is 0 Å². The number of ketones is 1. The van der Waals surface area contributed by atoms with Crippen molar-refractivity contribution in [2.75, 3.05) is 23.9 Å². The predicted octanol–water partition coefficient (Wildman–Crippen LogP) is 4.18. The predicted molar refractivity (Wildman–Crippen MR) is 119 cm³/mol. The molecule has 1 N–H and O–H groups in total. The number of carbonyl (C=O) groups excluding carboxylic acids is 2. The van der Waals surface area contributed by atoms with Crippen LogP contribution in [0.4, 0.5) is 17.2 Å². The van der Waals surface area contributed by atoms with Crippen molar-refractivity contribution in [3.8, 4) is 5.75 Å². The van der Waals surface area contributed by atoms with Crippen molar-refractivity contribution in [2.24, 2.45) is 0 Å². The quantitative estimate of drug-likeness (QED) is 0.605. The van der Waals surface area contributed by atoms with E-state index in [1.165, 1.54) is 18.0 Å². The van der Waals surface area contributed by atoms with E-state index in [1.807, 2.05) is 6.92 Å². The van der Waals surface area contributed by atoms with Gasteiger partial charge in [-0.15, -0.1) is 0 Å². The van der Waals surface area contributed by atoms with E-state index in [2.05, 4.69) is 10.3 Å². The number of hydrogen-bond donors (Lipinski definition) is 1. The number of hydrogen-bond acceptors (Lipinski definition) is 6. The van der Waals surface area contributed by atoms with Gasteiger partial charge < -0.3 is 15.0 Å². The third-order valence-corrected chi connectivity index (χ3v) is 6.46. The Balaban J connectivity index is 1.76. The summed E-state index contributed by atoms with van der Waals surface area (Å²) in [5.41, 5.74) is 2.07. The summed E-state index contributed by atoms with van der Waals surface area (Å²) in [5, 5.41) is 3.18. The first kappa shape index (κ1) is 20.7. The van der Waals surface area contributed by atoms with Gasteiger partial charge in [-0.25, -0.2) is 9.19 Å². The zero-order valence-electron chi connectivity index (χ0n) is 17.3. The van der Waals surface area contributed by atoms with E-state index in [0.717, 1.165) is 0 Å². The van der Waals surface area contributed by atoms with E-state index in [4.69, 9.17) is 4.74 Å². The third-order valence-electron chi connectivity index (χ3n) is 4.98. The van der Waals surface area contributed by atoms with Crippen molar-refractivity contribution >= 4 is 39.7 Å². The highest BCUT2D eigenvalue weighted by molar-refractivity contribution is 7.85. The van der Waals surface area contributed by atoms with Crippen LogP contribution >= 0.6 is 0 Å². The van der Waals surface area contributed by atoms with Crippen LogP contribution in [0.3, 0.4) is 0 Å². The maximum Gasteiger partial charge on any atom is 0.259 e. The van der Waals surface area contributed by atoms with Gasteiger partial charge in [0.25, 0.3) is 5.91 Å². The van der Waals surface area contributed by atoms with Crippen LogP contribution in [0.1, 0.15) is 34.6 Å². The Labute approximate surface area is 182 Å². The molecule has 1 aliphatic heterocycles. The van der Waals surface area contributed by atoms with Crippen molar-refractivity contribution < 1.29 is 18.5 Å². The smallest absolute Gasteiger partial charge is 0.259 e. The molecule has 2 heterocycles. The lowest BCUT2D eigenvalue weighted by molar-refractivity contribution is 0.0987. The largest absolute Gasteiger partial charge is 0.492 e. The number of benzene rings is 2. The number of rotatable bonds is 5. The Bertz CT molecular complexity index is 1230. The zero-order chi connectivity index (χ0) is 22.1. The monoisotopic (exact) mass is 435 g/mol. The minimum absolute atomic E-state index is 0.0579. The number of pyridine rings is 1. The normalized spacial score (nSPS) is 15.0. The molecule has 0 aliphatic carbocycles. The summed E-state index contributed by atoms with van der Waals surface area (Å²) in [6.07, 6.45) is 1.53. The van der Waals surface area contributed by atoms with Crippen molar-refractivity contribution in [3.05, 3.63) is 65.9 Å². The minimum Gasteiger partial charge on any atom is -0.492 e. The van der Waals surface area contributed by atoms with Gasteiger partial charge in [-0.3, -0.25) is 9.59 Å². The lowest BCUT2D eigenvalue weighted by Gasteiger charge is -2.18. The van der Waals surface area contributed by atoms with Gasteiger partial charge in [-0.1, -0.05) is 12.1 Å². The first-order valence-corrected chi connectivity index (χ1v) is 10.9. The molecule has 1 atom stereocenters. The van der Waals surface area contributed by atoms with E-state index in [0.29, 0.717) is 50.5 Å². The second-order valence-corrected chi connectivity index (χ2v) is 8.41. The van der Waals surface area contributed by atoms with Gasteiger partial charge in [0.2, 0.25) is 0 Å². The summed E-state index contributed by atoms with van der Waals surface area (Å²) in [6.45, 7) is 3.79. The highest BCUT2D eigenvalue weighted by Crippen LogP contribution is 2.36. The minimum atomic E-state index is -1.55. The van der Waals surface area contributed by atoms with Crippen molar-refractivity contribution in [2.45, 2.75) is 23.6 Å². The van der Waals surface area contributed by atoms with E-state index >= 15 is 0 Å². The fraction of sp³-hybridized carbons (Fsp3) is 0.174. The average molecular weight is 436 g/mol. The Morgan fingerprint density at radius 2 is 1.94 bits per heavy atom. The van der Waals surface area contributed by atoms with Gasteiger partial charge in [0.1, 0.15) is 11.6 Å². The lowest BCUT2D eigenvalue weighted by Crippen LogP contribution is -2.26. The summed E-state index contributed by atoms with van der Waals surface area (Å²) in [7, 11) is 0.0877. The number of amides is 1. The van der Waals surface area contributed by atoms with Gasteiger partial charge in [-0.2, -0.15) is 0 Å². The Morgan fingerprint density at radius 1 is 1.16 bits per heavy atom. The van der Waals surface area contributed by atoms with Crippen molar-refractivity contribution in [1.82, 2.24) is 4.98 Å². The molecule has 31 heavy (non-hydrogen) atoms.